The first-order chi connectivity index (χ1) is 37.0. The van der Waals surface area contributed by atoms with Gasteiger partial charge in [-0.15, -0.1) is 0 Å². The van der Waals surface area contributed by atoms with Gasteiger partial charge in [-0.3, -0.25) is 14.4 Å². The van der Waals surface area contributed by atoms with E-state index in [1.54, 1.807) is 0 Å². The first kappa shape index (κ1) is 72.1. The number of carbonyl (C=O) groups is 3. The Kier molecular flexibility index (Phi) is 61.2. The van der Waals surface area contributed by atoms with Crippen molar-refractivity contribution in [1.82, 2.24) is 0 Å². The second-order valence-corrected chi connectivity index (χ2v) is 22.0. The highest BCUT2D eigenvalue weighted by Gasteiger charge is 2.19. The van der Waals surface area contributed by atoms with Crippen molar-refractivity contribution in [3.63, 3.8) is 0 Å². The molecule has 1 unspecified atom stereocenters. The van der Waals surface area contributed by atoms with E-state index in [1.807, 2.05) is 0 Å². The molecule has 436 valence electrons. The van der Waals surface area contributed by atoms with Crippen LogP contribution in [-0.2, 0) is 28.6 Å². The Balaban J connectivity index is 3.98. The third-order valence-corrected chi connectivity index (χ3v) is 14.5. The van der Waals surface area contributed by atoms with E-state index in [4.69, 9.17) is 14.2 Å². The van der Waals surface area contributed by atoms with Gasteiger partial charge in [-0.05, 0) is 64.2 Å². The molecular formula is C69H124O6. The maximum Gasteiger partial charge on any atom is 0.306 e. The predicted molar refractivity (Wildman–Crippen MR) is 325 cm³/mol. The summed E-state index contributed by atoms with van der Waals surface area (Å²) in [4.78, 5) is 38.1. The molecule has 0 N–H and O–H groups in total. The van der Waals surface area contributed by atoms with Gasteiger partial charge in [0, 0.05) is 19.3 Å². The van der Waals surface area contributed by atoms with Gasteiger partial charge in [-0.25, -0.2) is 0 Å². The van der Waals surface area contributed by atoms with Crippen molar-refractivity contribution < 1.29 is 28.6 Å². The molecule has 0 aromatic heterocycles. The maximum absolute atomic E-state index is 12.8. The van der Waals surface area contributed by atoms with E-state index in [2.05, 4.69) is 81.5 Å². The monoisotopic (exact) mass is 1050 g/mol. The number of rotatable bonds is 60. The lowest BCUT2D eigenvalue weighted by Gasteiger charge is -2.18. The third-order valence-electron chi connectivity index (χ3n) is 14.5. The topological polar surface area (TPSA) is 78.9 Å². The normalized spacial score (nSPS) is 12.4. The van der Waals surface area contributed by atoms with Crippen LogP contribution in [0, 0.1) is 0 Å². The zero-order valence-corrected chi connectivity index (χ0v) is 50.1. The summed E-state index contributed by atoms with van der Waals surface area (Å²) in [6.07, 6.45) is 81.2. The predicted octanol–water partition coefficient (Wildman–Crippen LogP) is 22.3. The number of hydrogen-bond acceptors (Lipinski definition) is 6. The molecule has 0 radical (unpaired) electrons. The molecule has 0 amide bonds. The van der Waals surface area contributed by atoms with Crippen LogP contribution in [0.5, 0.6) is 0 Å². The lowest BCUT2D eigenvalue weighted by molar-refractivity contribution is -0.167. The van der Waals surface area contributed by atoms with E-state index < -0.39 is 6.10 Å². The molecule has 0 heterocycles. The highest BCUT2D eigenvalue weighted by atomic mass is 16.6. The highest BCUT2D eigenvalue weighted by Crippen LogP contribution is 2.18. The summed E-state index contributed by atoms with van der Waals surface area (Å²) in [6, 6.07) is 0. The van der Waals surface area contributed by atoms with Crippen LogP contribution in [0.3, 0.4) is 0 Å². The number of unbranched alkanes of at least 4 members (excludes halogenated alkanes) is 39. The van der Waals surface area contributed by atoms with E-state index in [0.717, 1.165) is 89.9 Å². The Labute approximate surface area is 466 Å². The molecule has 0 aromatic rings. The molecule has 0 spiro atoms. The lowest BCUT2D eigenvalue weighted by Crippen LogP contribution is -2.30. The first-order valence-corrected chi connectivity index (χ1v) is 32.8. The molecular weight excluding hydrogens is 925 g/mol. The second-order valence-electron chi connectivity index (χ2n) is 22.0. The number of allylic oxidation sites excluding steroid dienone is 10. The van der Waals surface area contributed by atoms with Crippen LogP contribution in [0.25, 0.3) is 0 Å². The van der Waals surface area contributed by atoms with Crippen molar-refractivity contribution in [2.45, 2.75) is 348 Å². The summed E-state index contributed by atoms with van der Waals surface area (Å²) in [7, 11) is 0. The van der Waals surface area contributed by atoms with Crippen LogP contribution < -0.4 is 0 Å². The van der Waals surface area contributed by atoms with Gasteiger partial charge in [-0.2, -0.15) is 0 Å². The van der Waals surface area contributed by atoms with Crippen LogP contribution in [0.4, 0.5) is 0 Å². The summed E-state index contributed by atoms with van der Waals surface area (Å²) in [5.74, 6) is -0.848. The molecule has 0 aliphatic carbocycles. The summed E-state index contributed by atoms with van der Waals surface area (Å²) < 4.78 is 16.9. The number of carbonyl (C=O) groups excluding carboxylic acids is 3. The molecule has 75 heavy (non-hydrogen) atoms. The van der Waals surface area contributed by atoms with E-state index >= 15 is 0 Å². The van der Waals surface area contributed by atoms with Crippen molar-refractivity contribution in [3.8, 4) is 0 Å². The molecule has 0 aromatic carbocycles. The minimum Gasteiger partial charge on any atom is -0.462 e. The van der Waals surface area contributed by atoms with Crippen molar-refractivity contribution in [2.75, 3.05) is 13.2 Å². The quantitative estimate of drug-likeness (QED) is 0.0261. The van der Waals surface area contributed by atoms with Crippen LogP contribution in [-0.4, -0.2) is 37.2 Å². The van der Waals surface area contributed by atoms with Crippen LogP contribution in [0.2, 0.25) is 0 Å². The number of hydrogen-bond donors (Lipinski definition) is 0. The van der Waals surface area contributed by atoms with Crippen molar-refractivity contribution >= 4 is 17.9 Å². The van der Waals surface area contributed by atoms with Gasteiger partial charge in [0.15, 0.2) is 6.10 Å². The van der Waals surface area contributed by atoms with Gasteiger partial charge in [0.25, 0.3) is 0 Å². The number of ether oxygens (including phenoxy) is 3. The molecule has 6 heteroatoms. The molecule has 0 aliphatic heterocycles. The fourth-order valence-electron chi connectivity index (χ4n) is 9.65. The Bertz CT molecular complexity index is 1340. The molecule has 6 nitrogen and oxygen atoms in total. The highest BCUT2D eigenvalue weighted by molar-refractivity contribution is 5.71. The minimum atomic E-state index is -0.766. The molecule has 1 atom stereocenters. The third kappa shape index (κ3) is 61.8. The second kappa shape index (κ2) is 63.6. The van der Waals surface area contributed by atoms with Crippen LogP contribution in [0.15, 0.2) is 60.8 Å². The van der Waals surface area contributed by atoms with Crippen LogP contribution >= 0.6 is 0 Å². The fourth-order valence-corrected chi connectivity index (χ4v) is 9.65. The van der Waals surface area contributed by atoms with Gasteiger partial charge in [0.2, 0.25) is 0 Å². The number of esters is 3. The molecule has 0 rings (SSSR count). The standard InChI is InChI=1S/C69H124O6/c1-4-7-10-13-16-19-22-23-24-25-26-27-28-29-30-31-32-33-34-35-36-37-38-39-40-41-42-43-44-45-48-50-53-56-59-62-68(71)74-65-66(75-69(72)63-60-57-54-51-47-21-18-15-12-9-6-3)64-73-67(70)61-58-55-52-49-46-20-17-14-11-8-5-2/h7,10,16,19,23-24,26-27,29-30,66H,4-6,8-9,11-15,17-18,20-22,25,28,31-65H2,1-3H3/b10-7-,19-16-,24-23-,27-26-,30-29-. The molecule has 0 saturated carbocycles. The average molecular weight is 1050 g/mol. The van der Waals surface area contributed by atoms with Gasteiger partial charge in [0.1, 0.15) is 13.2 Å². The summed E-state index contributed by atoms with van der Waals surface area (Å²) in [5.41, 5.74) is 0. The van der Waals surface area contributed by atoms with Crippen molar-refractivity contribution in [1.29, 1.82) is 0 Å². The maximum atomic E-state index is 12.8. The molecule has 0 saturated heterocycles. The van der Waals surface area contributed by atoms with E-state index in [1.165, 1.54) is 212 Å². The van der Waals surface area contributed by atoms with Crippen LogP contribution in [0.1, 0.15) is 342 Å². The summed E-state index contributed by atoms with van der Waals surface area (Å²) in [6.45, 7) is 6.55. The zero-order chi connectivity index (χ0) is 54.3. The smallest absolute Gasteiger partial charge is 0.306 e. The molecule has 0 bridgehead atoms. The molecule has 0 fully saturated rings. The van der Waals surface area contributed by atoms with Gasteiger partial charge < -0.3 is 14.2 Å². The SMILES string of the molecule is CC/C=C\C/C=C\C/C=C\C/C=C\C/C=C\CCCCCCCCCCCCCCCCCCCCCC(=O)OCC(COC(=O)CCCCCCCCCCCCC)OC(=O)CCCCCCCCCCCCC. The Morgan fingerprint density at radius 2 is 0.520 bits per heavy atom. The van der Waals surface area contributed by atoms with Crippen molar-refractivity contribution in [3.05, 3.63) is 60.8 Å². The largest absolute Gasteiger partial charge is 0.462 e. The Hall–Kier alpha value is -2.89. The first-order valence-electron chi connectivity index (χ1n) is 32.8. The van der Waals surface area contributed by atoms with Gasteiger partial charge >= 0.3 is 17.9 Å². The zero-order valence-electron chi connectivity index (χ0n) is 50.1. The summed E-state index contributed by atoms with van der Waals surface area (Å²) in [5, 5.41) is 0. The average Bonchev–Trinajstić information content (AvgIpc) is 3.41. The van der Waals surface area contributed by atoms with E-state index in [0.29, 0.717) is 19.3 Å². The van der Waals surface area contributed by atoms with Crippen molar-refractivity contribution in [2.24, 2.45) is 0 Å². The lowest BCUT2D eigenvalue weighted by atomic mass is 10.0. The fraction of sp³-hybridized carbons (Fsp3) is 0.812. The molecule has 0 aliphatic rings. The van der Waals surface area contributed by atoms with Gasteiger partial charge in [-0.1, -0.05) is 319 Å². The van der Waals surface area contributed by atoms with E-state index in [-0.39, 0.29) is 31.1 Å². The Morgan fingerprint density at radius 3 is 0.813 bits per heavy atom. The summed E-state index contributed by atoms with van der Waals surface area (Å²) >= 11 is 0. The Morgan fingerprint density at radius 1 is 0.280 bits per heavy atom. The van der Waals surface area contributed by atoms with Gasteiger partial charge in [0.05, 0.1) is 0 Å². The minimum absolute atomic E-state index is 0.0663. The van der Waals surface area contributed by atoms with E-state index in [9.17, 15) is 14.4 Å².